The molecule has 1 N–H and O–H groups in total. The van der Waals surface area contributed by atoms with Crippen LogP contribution >= 0.6 is 0 Å². The number of benzene rings is 1. The maximum atomic E-state index is 9.17. The summed E-state index contributed by atoms with van der Waals surface area (Å²) >= 11 is 0. The quantitative estimate of drug-likeness (QED) is 0.775. The molecular weight excluding hydrogens is 172 g/mol. The van der Waals surface area contributed by atoms with Gasteiger partial charge in [0.05, 0.1) is 6.61 Å². The Morgan fingerprint density at radius 1 is 1.36 bits per heavy atom. The van der Waals surface area contributed by atoms with E-state index >= 15 is 0 Å². The third kappa shape index (κ3) is 2.16. The van der Waals surface area contributed by atoms with Crippen molar-refractivity contribution in [2.75, 3.05) is 0 Å². The second kappa shape index (κ2) is 4.61. The molecule has 1 aromatic rings. The fourth-order valence-corrected chi connectivity index (χ4v) is 2.35. The summed E-state index contributed by atoms with van der Waals surface area (Å²) in [5, 5.41) is 9.17. The highest BCUT2D eigenvalue weighted by molar-refractivity contribution is 5.25. The van der Waals surface area contributed by atoms with E-state index in [4.69, 9.17) is 0 Å². The minimum Gasteiger partial charge on any atom is -0.392 e. The molecule has 0 unspecified atom stereocenters. The Morgan fingerprint density at radius 2 is 2.14 bits per heavy atom. The van der Waals surface area contributed by atoms with E-state index in [1.54, 1.807) is 0 Å². The molecule has 1 heteroatoms. The molecule has 1 fully saturated rings. The molecule has 1 aliphatic carbocycles. The van der Waals surface area contributed by atoms with Crippen molar-refractivity contribution in [2.45, 2.75) is 38.7 Å². The van der Waals surface area contributed by atoms with Crippen LogP contribution in [0.3, 0.4) is 0 Å². The Labute approximate surface area is 85.8 Å². The Balaban J connectivity index is 2.07. The molecule has 1 aliphatic rings. The molecule has 2 rings (SSSR count). The zero-order valence-electron chi connectivity index (χ0n) is 8.50. The van der Waals surface area contributed by atoms with Crippen LogP contribution in [0.15, 0.2) is 18.2 Å². The van der Waals surface area contributed by atoms with Gasteiger partial charge in [-0.3, -0.25) is 0 Å². The SMILES string of the molecule is OCc1ccc[c]c1CC1CCCC1. The van der Waals surface area contributed by atoms with Gasteiger partial charge in [-0.15, -0.1) is 0 Å². The smallest absolute Gasteiger partial charge is 0.0684 e. The van der Waals surface area contributed by atoms with E-state index in [1.807, 2.05) is 18.2 Å². The van der Waals surface area contributed by atoms with E-state index in [0.717, 1.165) is 17.9 Å². The maximum absolute atomic E-state index is 9.17. The van der Waals surface area contributed by atoms with Crippen LogP contribution in [0.25, 0.3) is 0 Å². The normalized spacial score (nSPS) is 17.5. The standard InChI is InChI=1S/C13H17O/c14-10-13-8-4-3-7-12(13)9-11-5-1-2-6-11/h3-4,8,11,14H,1-2,5-6,9-10H2. The van der Waals surface area contributed by atoms with Crippen LogP contribution in [0, 0.1) is 12.0 Å². The highest BCUT2D eigenvalue weighted by atomic mass is 16.3. The average Bonchev–Trinajstić information content (AvgIpc) is 2.71. The van der Waals surface area contributed by atoms with Crippen LogP contribution in [0.2, 0.25) is 0 Å². The molecule has 0 spiro atoms. The van der Waals surface area contributed by atoms with E-state index in [0.29, 0.717) is 0 Å². The van der Waals surface area contributed by atoms with Crippen LogP contribution in [-0.2, 0) is 13.0 Å². The number of hydrogen-bond acceptors (Lipinski definition) is 1. The Bertz CT molecular complexity index is 287. The fourth-order valence-electron chi connectivity index (χ4n) is 2.35. The van der Waals surface area contributed by atoms with Crippen molar-refractivity contribution >= 4 is 0 Å². The summed E-state index contributed by atoms with van der Waals surface area (Å²) in [5.41, 5.74) is 2.28. The summed E-state index contributed by atoms with van der Waals surface area (Å²) in [4.78, 5) is 0. The molecule has 0 bridgehead atoms. The van der Waals surface area contributed by atoms with Gasteiger partial charge in [0.15, 0.2) is 0 Å². The van der Waals surface area contributed by atoms with E-state index < -0.39 is 0 Å². The summed E-state index contributed by atoms with van der Waals surface area (Å²) in [6, 6.07) is 9.15. The summed E-state index contributed by atoms with van der Waals surface area (Å²) in [6.45, 7) is 0.152. The molecule has 0 aromatic heterocycles. The van der Waals surface area contributed by atoms with Crippen molar-refractivity contribution in [1.29, 1.82) is 0 Å². The summed E-state index contributed by atoms with van der Waals surface area (Å²) in [6.07, 6.45) is 6.58. The lowest BCUT2D eigenvalue weighted by Gasteiger charge is -2.11. The van der Waals surface area contributed by atoms with Crippen LogP contribution < -0.4 is 0 Å². The Kier molecular flexibility index (Phi) is 3.20. The average molecular weight is 189 g/mol. The van der Waals surface area contributed by atoms with Gasteiger partial charge >= 0.3 is 0 Å². The minimum atomic E-state index is 0.152. The molecule has 14 heavy (non-hydrogen) atoms. The third-order valence-electron chi connectivity index (χ3n) is 3.18. The predicted molar refractivity (Wildman–Crippen MR) is 56.9 cm³/mol. The molecule has 0 amide bonds. The van der Waals surface area contributed by atoms with Gasteiger partial charge in [0.2, 0.25) is 0 Å². The lowest BCUT2D eigenvalue weighted by Crippen LogP contribution is -2.02. The van der Waals surface area contributed by atoms with E-state index in [9.17, 15) is 5.11 Å². The first-order valence-electron chi connectivity index (χ1n) is 5.49. The number of hydrogen-bond donors (Lipinski definition) is 1. The molecule has 0 aliphatic heterocycles. The second-order valence-electron chi connectivity index (χ2n) is 4.19. The van der Waals surface area contributed by atoms with Gasteiger partial charge in [-0.1, -0.05) is 43.9 Å². The largest absolute Gasteiger partial charge is 0.392 e. The first-order valence-corrected chi connectivity index (χ1v) is 5.49. The Hall–Kier alpha value is -0.820. The van der Waals surface area contributed by atoms with Gasteiger partial charge in [-0.2, -0.15) is 0 Å². The van der Waals surface area contributed by atoms with Crippen molar-refractivity contribution < 1.29 is 5.11 Å². The van der Waals surface area contributed by atoms with Crippen LogP contribution in [0.4, 0.5) is 0 Å². The molecule has 1 saturated carbocycles. The highest BCUT2D eigenvalue weighted by Gasteiger charge is 2.16. The van der Waals surface area contributed by atoms with Crippen molar-refractivity contribution in [3.63, 3.8) is 0 Å². The summed E-state index contributed by atoms with van der Waals surface area (Å²) < 4.78 is 0. The van der Waals surface area contributed by atoms with Crippen molar-refractivity contribution in [3.8, 4) is 0 Å². The lowest BCUT2D eigenvalue weighted by atomic mass is 9.95. The van der Waals surface area contributed by atoms with E-state index in [1.165, 1.54) is 31.2 Å². The topological polar surface area (TPSA) is 20.2 Å². The first kappa shape index (κ1) is 9.72. The maximum Gasteiger partial charge on any atom is 0.0684 e. The minimum absolute atomic E-state index is 0.152. The molecule has 1 radical (unpaired) electrons. The fraction of sp³-hybridized carbons (Fsp3) is 0.538. The predicted octanol–water partition coefficient (Wildman–Crippen LogP) is 2.71. The monoisotopic (exact) mass is 189 g/mol. The molecule has 1 nitrogen and oxygen atoms in total. The van der Waals surface area contributed by atoms with Gasteiger partial charge in [0.25, 0.3) is 0 Å². The third-order valence-corrected chi connectivity index (χ3v) is 3.18. The first-order chi connectivity index (χ1) is 6.90. The molecule has 0 heterocycles. The number of aliphatic hydroxyl groups is 1. The molecule has 0 atom stereocenters. The van der Waals surface area contributed by atoms with Gasteiger partial charge in [-0.05, 0) is 29.5 Å². The lowest BCUT2D eigenvalue weighted by molar-refractivity contribution is 0.280. The van der Waals surface area contributed by atoms with Gasteiger partial charge in [-0.25, -0.2) is 0 Å². The van der Waals surface area contributed by atoms with Gasteiger partial charge in [0.1, 0.15) is 0 Å². The Morgan fingerprint density at radius 3 is 2.86 bits per heavy atom. The second-order valence-corrected chi connectivity index (χ2v) is 4.19. The highest BCUT2D eigenvalue weighted by Crippen LogP contribution is 2.28. The molecular formula is C13H17O. The molecule has 75 valence electrons. The summed E-state index contributed by atoms with van der Waals surface area (Å²) in [5.74, 6) is 0.832. The molecule has 1 aromatic carbocycles. The van der Waals surface area contributed by atoms with E-state index in [-0.39, 0.29) is 6.61 Å². The van der Waals surface area contributed by atoms with Crippen LogP contribution in [-0.4, -0.2) is 5.11 Å². The van der Waals surface area contributed by atoms with E-state index in [2.05, 4.69) is 6.07 Å². The van der Waals surface area contributed by atoms with Crippen LogP contribution in [0.5, 0.6) is 0 Å². The van der Waals surface area contributed by atoms with Crippen molar-refractivity contribution in [1.82, 2.24) is 0 Å². The zero-order valence-corrected chi connectivity index (χ0v) is 8.50. The number of rotatable bonds is 3. The summed E-state index contributed by atoms with van der Waals surface area (Å²) in [7, 11) is 0. The number of aliphatic hydroxyl groups excluding tert-OH is 1. The van der Waals surface area contributed by atoms with Gasteiger partial charge < -0.3 is 5.11 Å². The van der Waals surface area contributed by atoms with Crippen LogP contribution in [0.1, 0.15) is 36.8 Å². The molecule has 0 saturated heterocycles. The van der Waals surface area contributed by atoms with Crippen molar-refractivity contribution in [3.05, 3.63) is 35.4 Å². The van der Waals surface area contributed by atoms with Crippen molar-refractivity contribution in [2.24, 2.45) is 5.92 Å². The zero-order chi connectivity index (χ0) is 9.80. The van der Waals surface area contributed by atoms with Gasteiger partial charge in [0, 0.05) is 0 Å².